The zero-order valence-corrected chi connectivity index (χ0v) is 14.3. The van der Waals surface area contributed by atoms with E-state index in [0.29, 0.717) is 26.5 Å². The first-order valence-corrected chi connectivity index (χ1v) is 8.49. The van der Waals surface area contributed by atoms with E-state index in [4.69, 9.17) is 35.4 Å². The molecule has 1 unspecified atom stereocenters. The van der Waals surface area contributed by atoms with E-state index in [9.17, 15) is 0 Å². The first-order chi connectivity index (χ1) is 10.1. The van der Waals surface area contributed by atoms with Crippen molar-refractivity contribution in [1.29, 1.82) is 0 Å². The summed E-state index contributed by atoms with van der Waals surface area (Å²) >= 11 is 17.7. The Balaban J connectivity index is 1.88. The van der Waals surface area contributed by atoms with Crippen LogP contribution in [0.15, 0.2) is 12.3 Å². The van der Waals surface area contributed by atoms with Gasteiger partial charge in [-0.25, -0.2) is 0 Å². The van der Waals surface area contributed by atoms with Crippen LogP contribution in [0.5, 0.6) is 0 Å². The highest BCUT2D eigenvalue weighted by Gasteiger charge is 2.22. The molecular formula is C14H19Cl2N4S+. The largest absolute Gasteiger partial charge is 0.316 e. The van der Waals surface area contributed by atoms with Gasteiger partial charge in [-0.3, -0.25) is 4.40 Å². The summed E-state index contributed by atoms with van der Waals surface area (Å²) < 4.78 is 4.29. The first-order valence-electron chi connectivity index (χ1n) is 7.33. The number of nitrogens with one attached hydrogen (secondary N) is 1. The zero-order valence-electron chi connectivity index (χ0n) is 12.0. The Labute approximate surface area is 139 Å². The topological polar surface area (TPSA) is 26.7 Å². The second-order valence-corrected chi connectivity index (χ2v) is 7.03. The summed E-state index contributed by atoms with van der Waals surface area (Å²) in [6.45, 7) is 0.763. The zero-order chi connectivity index (χ0) is 15.0. The van der Waals surface area contributed by atoms with Gasteiger partial charge in [-0.1, -0.05) is 29.6 Å². The molecule has 1 N–H and O–H groups in total. The summed E-state index contributed by atoms with van der Waals surface area (Å²) in [6.07, 6.45) is 8.38. The molecule has 0 aromatic carbocycles. The summed E-state index contributed by atoms with van der Waals surface area (Å²) in [7, 11) is 2.22. The molecule has 0 saturated heterocycles. The van der Waals surface area contributed by atoms with Crippen LogP contribution in [0, 0.1) is 4.77 Å². The SMILES string of the molecule is C[NH+](Cn1nc2c(Cl)cc(Cl)cn2c1=S)C1CCCCC1. The smallest absolute Gasteiger partial charge is 0.207 e. The molecule has 2 aromatic rings. The van der Waals surface area contributed by atoms with Crippen molar-refractivity contribution in [2.75, 3.05) is 7.05 Å². The Kier molecular flexibility index (Phi) is 4.54. The fourth-order valence-corrected chi connectivity index (χ4v) is 3.86. The van der Waals surface area contributed by atoms with Crippen molar-refractivity contribution in [3.05, 3.63) is 27.1 Å². The minimum absolute atomic E-state index is 0.530. The van der Waals surface area contributed by atoms with Gasteiger partial charge in [0, 0.05) is 6.20 Å². The molecule has 0 spiro atoms. The molecule has 7 heteroatoms. The molecule has 1 atom stereocenters. The average molecular weight is 346 g/mol. The maximum absolute atomic E-state index is 6.20. The molecule has 0 aliphatic heterocycles. The third-order valence-electron chi connectivity index (χ3n) is 4.30. The number of halogens is 2. The van der Waals surface area contributed by atoms with Crippen LogP contribution >= 0.6 is 35.4 Å². The highest BCUT2D eigenvalue weighted by molar-refractivity contribution is 7.71. The van der Waals surface area contributed by atoms with Crippen LogP contribution in [0.1, 0.15) is 32.1 Å². The summed E-state index contributed by atoms with van der Waals surface area (Å²) in [5, 5.41) is 5.65. The molecule has 1 fully saturated rings. The molecular weight excluding hydrogens is 327 g/mol. The van der Waals surface area contributed by atoms with E-state index in [1.165, 1.54) is 37.0 Å². The van der Waals surface area contributed by atoms with Gasteiger partial charge >= 0.3 is 0 Å². The third-order valence-corrected chi connectivity index (χ3v) is 5.19. The van der Waals surface area contributed by atoms with Gasteiger partial charge in [0.1, 0.15) is 0 Å². The normalized spacial score (nSPS) is 18.2. The molecule has 1 aliphatic carbocycles. The molecule has 0 radical (unpaired) electrons. The van der Waals surface area contributed by atoms with Gasteiger partial charge in [0.2, 0.25) is 4.77 Å². The van der Waals surface area contributed by atoms with Crippen LogP contribution in [-0.4, -0.2) is 27.3 Å². The Morgan fingerprint density at radius 1 is 1.33 bits per heavy atom. The molecule has 1 aliphatic rings. The quantitative estimate of drug-likeness (QED) is 0.865. The minimum Gasteiger partial charge on any atom is -0.316 e. The van der Waals surface area contributed by atoms with Crippen LogP contribution in [0.4, 0.5) is 0 Å². The molecule has 4 nitrogen and oxygen atoms in total. The van der Waals surface area contributed by atoms with Crippen LogP contribution < -0.4 is 4.90 Å². The number of nitrogens with zero attached hydrogens (tertiary/aromatic N) is 3. The number of aromatic nitrogens is 3. The molecule has 2 aromatic heterocycles. The van der Waals surface area contributed by atoms with E-state index in [1.54, 1.807) is 16.7 Å². The Morgan fingerprint density at radius 2 is 2.05 bits per heavy atom. The van der Waals surface area contributed by atoms with Gasteiger partial charge in [0.15, 0.2) is 12.3 Å². The first kappa shape index (κ1) is 15.3. The Morgan fingerprint density at radius 3 is 2.76 bits per heavy atom. The minimum atomic E-state index is 0.530. The number of pyridine rings is 1. The Hall–Kier alpha value is -0.620. The van der Waals surface area contributed by atoms with Crippen LogP contribution in [-0.2, 0) is 6.67 Å². The van der Waals surface area contributed by atoms with Crippen LogP contribution in [0.2, 0.25) is 10.0 Å². The van der Waals surface area contributed by atoms with Crippen molar-refractivity contribution < 1.29 is 4.90 Å². The van der Waals surface area contributed by atoms with Crippen LogP contribution in [0.25, 0.3) is 5.65 Å². The fraction of sp³-hybridized carbons (Fsp3) is 0.571. The summed E-state index contributed by atoms with van der Waals surface area (Å²) in [6, 6.07) is 2.40. The van der Waals surface area contributed by atoms with E-state index >= 15 is 0 Å². The predicted octanol–water partition coefficient (Wildman–Crippen LogP) is 2.98. The van der Waals surface area contributed by atoms with Crippen LogP contribution in [0.3, 0.4) is 0 Å². The molecule has 1 saturated carbocycles. The number of hydrogen-bond donors (Lipinski definition) is 1. The standard InChI is InChI=1S/C14H18Cl2N4S/c1-18(11-5-3-2-4-6-11)9-20-14(21)19-8-10(15)7-12(16)13(19)17-20/h7-8,11H,2-6,9H2,1H3/p+1. The summed E-state index contributed by atoms with van der Waals surface area (Å²) in [5.41, 5.74) is 0.669. The summed E-state index contributed by atoms with van der Waals surface area (Å²) in [5.74, 6) is 0. The molecule has 114 valence electrons. The van der Waals surface area contributed by atoms with Gasteiger partial charge in [-0.2, -0.15) is 4.68 Å². The predicted molar refractivity (Wildman–Crippen MR) is 87.8 cm³/mol. The molecule has 21 heavy (non-hydrogen) atoms. The van der Waals surface area contributed by atoms with Gasteiger partial charge in [0.25, 0.3) is 0 Å². The second-order valence-electron chi connectivity index (χ2n) is 5.82. The molecule has 2 heterocycles. The lowest BCUT2D eigenvalue weighted by Gasteiger charge is -2.27. The van der Waals surface area contributed by atoms with Crippen molar-refractivity contribution in [2.24, 2.45) is 0 Å². The number of rotatable bonds is 3. The molecule has 3 rings (SSSR count). The van der Waals surface area contributed by atoms with E-state index in [1.807, 2.05) is 4.68 Å². The Bertz CT molecular complexity index is 703. The maximum atomic E-state index is 6.20. The van der Waals surface area contributed by atoms with Gasteiger partial charge in [-0.15, -0.1) is 5.10 Å². The van der Waals surface area contributed by atoms with Crippen molar-refractivity contribution in [3.63, 3.8) is 0 Å². The second kappa shape index (κ2) is 6.24. The maximum Gasteiger partial charge on any atom is 0.207 e. The lowest BCUT2D eigenvalue weighted by molar-refractivity contribution is -0.930. The van der Waals surface area contributed by atoms with Crippen molar-refractivity contribution in [2.45, 2.75) is 44.8 Å². The highest BCUT2D eigenvalue weighted by Crippen LogP contribution is 2.21. The van der Waals surface area contributed by atoms with Gasteiger partial charge in [-0.05, 0) is 44.0 Å². The van der Waals surface area contributed by atoms with Crippen molar-refractivity contribution >= 4 is 41.1 Å². The van der Waals surface area contributed by atoms with Crippen molar-refractivity contribution in [3.8, 4) is 0 Å². The number of fused-ring (bicyclic) bond motifs is 1. The van der Waals surface area contributed by atoms with Gasteiger partial charge in [0.05, 0.1) is 23.1 Å². The van der Waals surface area contributed by atoms with Gasteiger partial charge < -0.3 is 4.90 Å². The van der Waals surface area contributed by atoms with E-state index < -0.39 is 0 Å². The molecule has 0 amide bonds. The number of quaternary nitrogens is 1. The fourth-order valence-electron chi connectivity index (χ4n) is 3.11. The van der Waals surface area contributed by atoms with E-state index in [2.05, 4.69) is 12.1 Å². The lowest BCUT2D eigenvalue weighted by atomic mass is 9.95. The van der Waals surface area contributed by atoms with Crippen molar-refractivity contribution in [1.82, 2.24) is 14.2 Å². The lowest BCUT2D eigenvalue weighted by Crippen LogP contribution is -3.12. The van der Waals surface area contributed by atoms with E-state index in [-0.39, 0.29) is 0 Å². The summed E-state index contributed by atoms with van der Waals surface area (Å²) in [4.78, 5) is 1.46. The van der Waals surface area contributed by atoms with E-state index in [0.717, 1.165) is 6.67 Å². The molecule has 0 bridgehead atoms. The number of hydrogen-bond acceptors (Lipinski definition) is 2. The monoisotopic (exact) mass is 345 g/mol. The third kappa shape index (κ3) is 3.11. The average Bonchev–Trinajstić information content (AvgIpc) is 2.78. The highest BCUT2D eigenvalue weighted by atomic mass is 35.5.